The van der Waals surface area contributed by atoms with Crippen LogP contribution in [-0.2, 0) is 9.53 Å². The Balaban J connectivity index is 2.62. The van der Waals surface area contributed by atoms with Crippen LogP contribution in [-0.4, -0.2) is 29.1 Å². The molecular weight excluding hydrogens is 226 g/mol. The fourth-order valence-corrected chi connectivity index (χ4v) is 1.88. The number of carbonyl (C=O) groups is 2. The zero-order chi connectivity index (χ0) is 12.0. The van der Waals surface area contributed by atoms with Crippen LogP contribution >= 0.6 is 11.8 Å². The molecule has 0 unspecified atom stereocenters. The van der Waals surface area contributed by atoms with Crippen LogP contribution in [0.2, 0.25) is 0 Å². The zero-order valence-electron chi connectivity index (χ0n) is 9.41. The first-order valence-corrected chi connectivity index (χ1v) is 6.20. The molecule has 1 aromatic heterocycles. The van der Waals surface area contributed by atoms with Crippen molar-refractivity contribution < 1.29 is 14.3 Å². The fraction of sp³-hybridized carbons (Fsp3) is 0.455. The largest absolute Gasteiger partial charge is 0.460 e. The zero-order valence-corrected chi connectivity index (χ0v) is 10.2. The Labute approximate surface area is 98.8 Å². The molecule has 1 aromatic rings. The summed E-state index contributed by atoms with van der Waals surface area (Å²) in [6.45, 7) is 3.96. The maximum atomic E-state index is 11.5. The molecule has 0 spiro atoms. The van der Waals surface area contributed by atoms with Crippen LogP contribution in [0.4, 0.5) is 0 Å². The highest BCUT2D eigenvalue weighted by atomic mass is 32.2. The summed E-state index contributed by atoms with van der Waals surface area (Å²) in [5, 5.41) is 0.898. The van der Waals surface area contributed by atoms with Gasteiger partial charge >= 0.3 is 5.97 Å². The molecule has 16 heavy (non-hydrogen) atoms. The van der Waals surface area contributed by atoms with Crippen molar-refractivity contribution in [3.8, 4) is 0 Å². The van der Waals surface area contributed by atoms with E-state index >= 15 is 0 Å². The molecule has 0 amide bonds. The molecule has 0 aliphatic rings. The molecule has 0 fully saturated rings. The van der Waals surface area contributed by atoms with Gasteiger partial charge < -0.3 is 9.72 Å². The second-order valence-corrected chi connectivity index (χ2v) is 4.27. The van der Waals surface area contributed by atoms with Gasteiger partial charge in [-0.05, 0) is 31.2 Å². The van der Waals surface area contributed by atoms with Gasteiger partial charge in [-0.1, -0.05) is 6.92 Å². The highest BCUT2D eigenvalue weighted by Crippen LogP contribution is 2.18. The summed E-state index contributed by atoms with van der Waals surface area (Å²) in [4.78, 5) is 25.6. The van der Waals surface area contributed by atoms with E-state index in [0.717, 1.165) is 17.2 Å². The third-order valence-electron chi connectivity index (χ3n) is 1.83. The Kier molecular flexibility index (Phi) is 5.11. The lowest BCUT2D eigenvalue weighted by Gasteiger charge is -1.98. The van der Waals surface area contributed by atoms with Crippen molar-refractivity contribution in [1.82, 2.24) is 4.98 Å². The van der Waals surface area contributed by atoms with Crippen molar-refractivity contribution in [2.45, 2.75) is 25.3 Å². The Bertz CT molecular complexity index is 373. The normalized spacial score (nSPS) is 10.1. The molecule has 0 radical (unpaired) electrons. The van der Waals surface area contributed by atoms with Crippen molar-refractivity contribution >= 4 is 23.5 Å². The Morgan fingerprint density at radius 3 is 2.75 bits per heavy atom. The van der Waals surface area contributed by atoms with Crippen molar-refractivity contribution in [1.29, 1.82) is 0 Å². The van der Waals surface area contributed by atoms with E-state index in [9.17, 15) is 9.59 Å². The molecule has 0 aromatic carbocycles. The number of hydrogen-bond acceptors (Lipinski definition) is 4. The highest BCUT2D eigenvalue weighted by molar-refractivity contribution is 7.99. The first kappa shape index (κ1) is 12.8. The number of aromatic amines is 1. The van der Waals surface area contributed by atoms with Gasteiger partial charge in [-0.2, -0.15) is 0 Å². The molecule has 0 atom stereocenters. The minimum absolute atomic E-state index is 0.211. The molecule has 1 rings (SSSR count). The number of nitrogens with one attached hydrogen (secondary N) is 1. The van der Waals surface area contributed by atoms with Gasteiger partial charge in [0.25, 0.3) is 5.78 Å². The molecule has 4 nitrogen and oxygen atoms in total. The Hall–Kier alpha value is -1.23. The average molecular weight is 241 g/mol. The molecule has 0 bridgehead atoms. The molecular formula is C11H15NO3S. The van der Waals surface area contributed by atoms with Crippen LogP contribution < -0.4 is 0 Å². The number of ketones is 1. The smallest absolute Gasteiger partial charge is 0.381 e. The lowest BCUT2D eigenvalue weighted by molar-refractivity contribution is -0.137. The first-order chi connectivity index (χ1) is 7.69. The van der Waals surface area contributed by atoms with E-state index in [2.05, 4.69) is 16.6 Å². The summed E-state index contributed by atoms with van der Waals surface area (Å²) in [7, 11) is 0. The lowest BCUT2D eigenvalue weighted by atomic mass is 10.3. The topological polar surface area (TPSA) is 59.2 Å². The number of carbonyl (C=O) groups excluding carboxylic acids is 2. The minimum Gasteiger partial charge on any atom is -0.460 e. The second-order valence-electron chi connectivity index (χ2n) is 3.13. The van der Waals surface area contributed by atoms with Crippen molar-refractivity contribution in [3.05, 3.63) is 17.8 Å². The predicted molar refractivity (Wildman–Crippen MR) is 62.8 cm³/mol. The van der Waals surface area contributed by atoms with E-state index < -0.39 is 11.8 Å². The van der Waals surface area contributed by atoms with Crippen molar-refractivity contribution in [2.24, 2.45) is 0 Å². The fourth-order valence-electron chi connectivity index (χ4n) is 1.11. The van der Waals surface area contributed by atoms with Gasteiger partial charge in [0.15, 0.2) is 0 Å². The quantitative estimate of drug-likeness (QED) is 0.359. The van der Waals surface area contributed by atoms with E-state index in [-0.39, 0.29) is 12.3 Å². The second kappa shape index (κ2) is 6.37. The summed E-state index contributed by atoms with van der Waals surface area (Å²) >= 11 is 1.62. The monoisotopic (exact) mass is 241 g/mol. The number of thioether (sulfide) groups is 1. The molecule has 88 valence electrons. The Morgan fingerprint density at radius 1 is 1.38 bits per heavy atom. The lowest BCUT2D eigenvalue weighted by Crippen LogP contribution is -2.17. The maximum Gasteiger partial charge on any atom is 0.381 e. The van der Waals surface area contributed by atoms with E-state index in [1.807, 2.05) is 0 Å². The summed E-state index contributed by atoms with van der Waals surface area (Å²) < 4.78 is 4.63. The predicted octanol–water partition coefficient (Wildman–Crippen LogP) is 2.26. The van der Waals surface area contributed by atoms with Gasteiger partial charge in [0.2, 0.25) is 0 Å². The molecule has 1 N–H and O–H groups in total. The van der Waals surface area contributed by atoms with Crippen LogP contribution in [0.3, 0.4) is 0 Å². The first-order valence-electron chi connectivity index (χ1n) is 5.22. The third kappa shape index (κ3) is 3.41. The molecule has 0 aliphatic carbocycles. The van der Waals surface area contributed by atoms with Gasteiger partial charge in [0.05, 0.1) is 17.3 Å². The minimum atomic E-state index is -0.809. The van der Waals surface area contributed by atoms with Gasteiger partial charge in [0, 0.05) is 0 Å². The number of Topliss-reactive ketones (excluding diaryl/α,β-unsaturated/α-hetero) is 1. The van der Waals surface area contributed by atoms with E-state index in [1.54, 1.807) is 30.8 Å². The van der Waals surface area contributed by atoms with Gasteiger partial charge in [-0.25, -0.2) is 4.79 Å². The van der Waals surface area contributed by atoms with Crippen LogP contribution in [0.25, 0.3) is 0 Å². The number of hydrogen-bond donors (Lipinski definition) is 1. The maximum absolute atomic E-state index is 11.5. The van der Waals surface area contributed by atoms with E-state index in [1.165, 1.54) is 0 Å². The number of rotatable bonds is 6. The summed E-state index contributed by atoms with van der Waals surface area (Å²) in [6, 6.07) is 3.41. The standard InChI is InChI=1S/C11H15NO3S/c1-3-7-16-9-6-5-8(12-9)10(13)11(14)15-4-2/h5-6,12H,3-4,7H2,1-2H3. The highest BCUT2D eigenvalue weighted by Gasteiger charge is 2.18. The summed E-state index contributed by atoms with van der Waals surface area (Å²) in [5.41, 5.74) is 0.289. The summed E-state index contributed by atoms with van der Waals surface area (Å²) in [6.07, 6.45) is 1.06. The van der Waals surface area contributed by atoms with Crippen LogP contribution in [0, 0.1) is 0 Å². The third-order valence-corrected chi connectivity index (χ3v) is 2.99. The molecule has 0 saturated carbocycles. The SMILES string of the molecule is CCCSc1ccc(C(=O)C(=O)OCC)[nH]1. The van der Waals surface area contributed by atoms with Crippen LogP contribution in [0.1, 0.15) is 30.8 Å². The van der Waals surface area contributed by atoms with Crippen molar-refractivity contribution in [2.75, 3.05) is 12.4 Å². The molecule has 5 heteroatoms. The number of esters is 1. The van der Waals surface area contributed by atoms with Crippen molar-refractivity contribution in [3.63, 3.8) is 0 Å². The van der Waals surface area contributed by atoms with Crippen LogP contribution in [0.15, 0.2) is 17.2 Å². The van der Waals surface area contributed by atoms with Gasteiger partial charge in [-0.3, -0.25) is 4.79 Å². The van der Waals surface area contributed by atoms with Gasteiger partial charge in [-0.15, -0.1) is 11.8 Å². The molecule has 0 aliphatic heterocycles. The summed E-state index contributed by atoms with van der Waals surface area (Å²) in [5.74, 6) is -0.449. The number of ether oxygens (including phenoxy) is 1. The number of H-pyrrole nitrogens is 1. The van der Waals surface area contributed by atoms with Crippen LogP contribution in [0.5, 0.6) is 0 Å². The molecule has 1 heterocycles. The van der Waals surface area contributed by atoms with E-state index in [0.29, 0.717) is 0 Å². The average Bonchev–Trinajstić information content (AvgIpc) is 2.74. The molecule has 0 saturated heterocycles. The Morgan fingerprint density at radius 2 is 2.12 bits per heavy atom. The van der Waals surface area contributed by atoms with E-state index in [4.69, 9.17) is 0 Å². The van der Waals surface area contributed by atoms with Gasteiger partial charge in [0.1, 0.15) is 0 Å². The number of aromatic nitrogens is 1.